The molecule has 2 aliphatic rings. The lowest BCUT2D eigenvalue weighted by Crippen LogP contribution is -2.66. The molecule has 11 atom stereocenters. The first kappa shape index (κ1) is 55.2. The minimum Gasteiger partial charge on any atom is -0.507 e. The third kappa shape index (κ3) is 14.8. The first-order valence-corrected chi connectivity index (χ1v) is 22.8. The smallest absolute Gasteiger partial charge is 0.303 e. The van der Waals surface area contributed by atoms with Crippen molar-refractivity contribution in [3.8, 4) is 11.5 Å². The Morgan fingerprint density at radius 2 is 0.971 bits per heavy atom. The van der Waals surface area contributed by atoms with E-state index >= 15 is 0 Å². The van der Waals surface area contributed by atoms with E-state index in [9.17, 15) is 38.7 Å². The van der Waals surface area contributed by atoms with Crippen molar-refractivity contribution < 1.29 is 90.8 Å². The number of phenolic OH excluding ortho intramolecular Hbond substituents is 1. The molecule has 0 spiro atoms. The van der Waals surface area contributed by atoms with Crippen LogP contribution < -0.4 is 4.74 Å². The van der Waals surface area contributed by atoms with Crippen LogP contribution in [0.2, 0.25) is 0 Å². The third-order valence-electron chi connectivity index (χ3n) is 10.6. The largest absolute Gasteiger partial charge is 0.507 e. The Kier molecular flexibility index (Phi) is 18.9. The zero-order chi connectivity index (χ0) is 51.0. The van der Waals surface area contributed by atoms with Gasteiger partial charge < -0.3 is 57.2 Å². The summed E-state index contributed by atoms with van der Waals surface area (Å²) in [5, 5.41) is 11.1. The minimum absolute atomic E-state index is 0.137. The Balaban J connectivity index is 1.98. The average molecular weight is 977 g/mol. The second-order valence-corrected chi connectivity index (χ2v) is 19.6. The summed E-state index contributed by atoms with van der Waals surface area (Å²) in [6.07, 6.45) is -14.3. The number of thioether (sulfide) groups is 1. The third-order valence-corrected chi connectivity index (χ3v) is 12.1. The average Bonchev–Trinajstić information content (AvgIpc) is 3.21. The van der Waals surface area contributed by atoms with Gasteiger partial charge in [-0.2, -0.15) is 0 Å². The van der Waals surface area contributed by atoms with Gasteiger partial charge in [0.15, 0.2) is 36.8 Å². The van der Waals surface area contributed by atoms with Crippen LogP contribution >= 0.6 is 11.8 Å². The molecular weight excluding hydrogens is 913 g/mol. The molecule has 0 aromatic heterocycles. The summed E-state index contributed by atoms with van der Waals surface area (Å²) in [7, 11) is 1.53. The number of carbonyl (C=O) groups excluding carboxylic acids is 7. The summed E-state index contributed by atoms with van der Waals surface area (Å²) in [4.78, 5) is 88.6. The van der Waals surface area contributed by atoms with Crippen molar-refractivity contribution in [2.24, 2.45) is 0 Å². The standard InChI is InChI=1S/C48H64O19S/c1-23(49)58-21-35-38(60-25(3)51)40(61-26(4)52)42(63-28(6)54)45(65-35)67-39-36(22-59-24(2)50)66-46(43(64-29(7)55)41(39)62-27(5)53)68-44(30-15-17-32(57-14)18-16-30)31-19-33(47(8,9)10)37(56)34(20-31)48(11,12)13/h15-20,35-36,38-46,56H,21-22H2,1-14H3/t35?,36?,38-,39+,40?,41?,42?,43?,44+,45-,46-/m0/s1. The van der Waals surface area contributed by atoms with Crippen molar-refractivity contribution in [1.29, 1.82) is 0 Å². The first-order valence-electron chi connectivity index (χ1n) is 21.9. The van der Waals surface area contributed by atoms with Gasteiger partial charge in [0, 0.05) is 48.5 Å². The number of aromatic hydroxyl groups is 1. The number of esters is 7. The molecule has 4 rings (SSSR count). The van der Waals surface area contributed by atoms with E-state index in [1.807, 2.05) is 65.8 Å². The Morgan fingerprint density at radius 3 is 1.40 bits per heavy atom. The van der Waals surface area contributed by atoms with Crippen molar-refractivity contribution in [3.63, 3.8) is 0 Å². The van der Waals surface area contributed by atoms with Gasteiger partial charge in [-0.3, -0.25) is 33.6 Å². The molecule has 20 heteroatoms. The van der Waals surface area contributed by atoms with E-state index in [1.54, 1.807) is 12.1 Å². The molecule has 0 aliphatic carbocycles. The van der Waals surface area contributed by atoms with Crippen LogP contribution in [0.1, 0.15) is 118 Å². The number of benzene rings is 2. The number of ether oxygens (including phenoxy) is 11. The maximum Gasteiger partial charge on any atom is 0.303 e. The van der Waals surface area contributed by atoms with E-state index in [4.69, 9.17) is 52.1 Å². The zero-order valence-corrected chi connectivity index (χ0v) is 41.7. The van der Waals surface area contributed by atoms with E-state index in [0.29, 0.717) is 16.9 Å². The van der Waals surface area contributed by atoms with Crippen LogP contribution in [0.25, 0.3) is 0 Å². The van der Waals surface area contributed by atoms with Crippen molar-refractivity contribution in [2.45, 2.75) is 167 Å². The Bertz CT molecular complexity index is 2110. The van der Waals surface area contributed by atoms with Crippen molar-refractivity contribution in [2.75, 3.05) is 20.3 Å². The number of carbonyl (C=O) groups is 7. The summed E-state index contributed by atoms with van der Waals surface area (Å²) in [5.41, 5.74) is 0.430. The maximum absolute atomic E-state index is 13.2. The highest BCUT2D eigenvalue weighted by atomic mass is 32.2. The molecule has 0 bridgehead atoms. The summed E-state index contributed by atoms with van der Waals surface area (Å²) < 4.78 is 64.5. The monoisotopic (exact) mass is 976 g/mol. The van der Waals surface area contributed by atoms with Gasteiger partial charge in [0.1, 0.15) is 48.5 Å². The molecule has 2 aromatic carbocycles. The topological polar surface area (TPSA) is 241 Å². The summed E-state index contributed by atoms with van der Waals surface area (Å²) >= 11 is 1.16. The lowest BCUT2D eigenvalue weighted by molar-refractivity contribution is -0.341. The van der Waals surface area contributed by atoms with Gasteiger partial charge in [0.2, 0.25) is 0 Å². The number of rotatable bonds is 16. The van der Waals surface area contributed by atoms with E-state index in [-0.39, 0.29) is 5.75 Å². The van der Waals surface area contributed by atoms with E-state index in [1.165, 1.54) is 7.11 Å². The first-order chi connectivity index (χ1) is 31.6. The highest BCUT2D eigenvalue weighted by Crippen LogP contribution is 2.49. The quantitative estimate of drug-likeness (QED) is 0.163. The summed E-state index contributed by atoms with van der Waals surface area (Å²) in [6.45, 7) is 18.4. The van der Waals surface area contributed by atoms with E-state index < -0.39 is 132 Å². The molecule has 2 fully saturated rings. The molecule has 1 N–H and O–H groups in total. The molecule has 2 aliphatic heterocycles. The van der Waals surface area contributed by atoms with Crippen LogP contribution in [-0.2, 0) is 91.8 Å². The van der Waals surface area contributed by atoms with Gasteiger partial charge >= 0.3 is 41.8 Å². The summed E-state index contributed by atoms with van der Waals surface area (Å²) in [6, 6.07) is 11.0. The lowest BCUT2D eigenvalue weighted by Gasteiger charge is -2.49. The molecular formula is C48H64O19S. The highest BCUT2D eigenvalue weighted by molar-refractivity contribution is 8.00. The van der Waals surface area contributed by atoms with Gasteiger partial charge in [-0.1, -0.05) is 65.8 Å². The van der Waals surface area contributed by atoms with Crippen LogP contribution in [0.4, 0.5) is 0 Å². The Labute approximate surface area is 400 Å². The molecule has 2 heterocycles. The molecule has 0 saturated carbocycles. The summed E-state index contributed by atoms with van der Waals surface area (Å²) in [5.74, 6) is -5.16. The second kappa shape index (κ2) is 23.2. The van der Waals surface area contributed by atoms with Gasteiger partial charge in [0.05, 0.1) is 12.4 Å². The van der Waals surface area contributed by atoms with E-state index in [2.05, 4.69) is 0 Å². The molecule has 19 nitrogen and oxygen atoms in total. The fraction of sp³-hybridized carbons (Fsp3) is 0.604. The van der Waals surface area contributed by atoms with Crippen molar-refractivity contribution >= 4 is 53.5 Å². The SMILES string of the molecule is COc1ccc([C@@H](S[C@@H]2OC(COC(C)=O)[C@@H](O[C@@H]3OC(COC(C)=O)[C@H](OC(C)=O)C(OC(C)=O)C3OC(C)=O)C(OC(C)=O)C2OC(C)=O)c2cc(C(C)(C)C)c(O)c(C(C)(C)C)c2)cc1. The predicted octanol–water partition coefficient (Wildman–Crippen LogP) is 5.44. The number of hydrogen-bond acceptors (Lipinski definition) is 20. The number of methoxy groups -OCH3 is 1. The normalized spacial score (nSPS) is 25.4. The molecule has 2 saturated heterocycles. The molecule has 2 aromatic rings. The number of hydrogen-bond donors (Lipinski definition) is 1. The van der Waals surface area contributed by atoms with Gasteiger partial charge in [-0.25, -0.2) is 0 Å². The predicted molar refractivity (Wildman–Crippen MR) is 241 cm³/mol. The van der Waals surface area contributed by atoms with Gasteiger partial charge in [-0.05, 0) is 45.2 Å². The zero-order valence-electron chi connectivity index (χ0n) is 40.9. The fourth-order valence-corrected chi connectivity index (χ4v) is 9.24. The van der Waals surface area contributed by atoms with Crippen molar-refractivity contribution in [1.82, 2.24) is 0 Å². The minimum atomic E-state index is -1.83. The highest BCUT2D eigenvalue weighted by Gasteiger charge is 2.58. The Hall–Kier alpha value is -5.44. The molecule has 376 valence electrons. The van der Waals surface area contributed by atoms with Crippen LogP contribution in [-0.4, -0.2) is 128 Å². The second-order valence-electron chi connectivity index (χ2n) is 18.4. The van der Waals surface area contributed by atoms with Crippen LogP contribution in [0, 0.1) is 0 Å². The maximum atomic E-state index is 13.2. The van der Waals surface area contributed by atoms with Crippen LogP contribution in [0.3, 0.4) is 0 Å². The Morgan fingerprint density at radius 1 is 0.559 bits per heavy atom. The molecule has 6 unspecified atom stereocenters. The van der Waals surface area contributed by atoms with Crippen LogP contribution in [0.15, 0.2) is 36.4 Å². The van der Waals surface area contributed by atoms with Gasteiger partial charge in [-0.15, -0.1) is 11.8 Å². The van der Waals surface area contributed by atoms with Gasteiger partial charge in [0.25, 0.3) is 0 Å². The molecule has 0 radical (unpaired) electrons. The molecule has 0 amide bonds. The van der Waals surface area contributed by atoms with Crippen molar-refractivity contribution in [3.05, 3.63) is 58.7 Å². The molecule has 68 heavy (non-hydrogen) atoms. The number of phenols is 1. The fourth-order valence-electron chi connectivity index (χ4n) is 7.80. The van der Waals surface area contributed by atoms with Crippen LogP contribution in [0.5, 0.6) is 11.5 Å². The lowest BCUT2D eigenvalue weighted by atomic mass is 9.78. The van der Waals surface area contributed by atoms with E-state index in [0.717, 1.165) is 71.4 Å².